The molecule has 0 bridgehead atoms. The lowest BCUT2D eigenvalue weighted by Crippen LogP contribution is -2.49. The van der Waals surface area contributed by atoms with E-state index in [2.05, 4.69) is 61.8 Å². The van der Waals surface area contributed by atoms with Gasteiger partial charge in [-0.25, -0.2) is 0 Å². The van der Waals surface area contributed by atoms with E-state index >= 15 is 0 Å². The summed E-state index contributed by atoms with van der Waals surface area (Å²) >= 11 is 0. The van der Waals surface area contributed by atoms with E-state index in [4.69, 9.17) is 4.74 Å². The van der Waals surface area contributed by atoms with Gasteiger partial charge in [0.1, 0.15) is 6.10 Å². The minimum atomic E-state index is 0.00318. The molecule has 168 valence electrons. The van der Waals surface area contributed by atoms with Gasteiger partial charge in [-0.15, -0.1) is 0 Å². The van der Waals surface area contributed by atoms with Crippen molar-refractivity contribution in [2.24, 2.45) is 23.2 Å². The minimum Gasteiger partial charge on any atom is -0.461 e. The van der Waals surface area contributed by atoms with Crippen LogP contribution in [-0.2, 0) is 9.53 Å². The van der Waals surface area contributed by atoms with Crippen molar-refractivity contribution >= 4 is 11.7 Å². The van der Waals surface area contributed by atoms with Crippen LogP contribution in [0, 0.1) is 37.0 Å². The predicted octanol–water partition coefficient (Wildman–Crippen LogP) is 4.74. The number of rotatable bonds is 3. The molecule has 4 nitrogen and oxygen atoms in total. The van der Waals surface area contributed by atoms with Gasteiger partial charge in [-0.1, -0.05) is 44.1 Å². The average molecular weight is 423 g/mol. The van der Waals surface area contributed by atoms with Gasteiger partial charge in [0.15, 0.2) is 0 Å². The monoisotopic (exact) mass is 422 g/mol. The van der Waals surface area contributed by atoms with Crippen LogP contribution in [-0.4, -0.2) is 49.7 Å². The van der Waals surface area contributed by atoms with Gasteiger partial charge in [-0.05, 0) is 61.6 Å². The van der Waals surface area contributed by atoms with Crippen LogP contribution < -0.4 is 4.90 Å². The maximum absolute atomic E-state index is 12.9. The molecule has 2 aliphatic carbocycles. The summed E-state index contributed by atoms with van der Waals surface area (Å²) in [6.07, 6.45) is 7.44. The standard InChI is InChI=1S/C27H38N2O2/c1-18-7-5-9-24(20(18)3)29-13-11-28(12-14-29)17-22-21-15-23-19(2)8-6-10-27(23,4)16-25(21)31-26(22)30/h5,7,9,15,19,21-22,25H,6,8,10-14,16-17H2,1-4H3/t19-,21-,22+,25+,27+/m0/s1. The maximum atomic E-state index is 12.9. The van der Waals surface area contributed by atoms with Gasteiger partial charge < -0.3 is 9.64 Å². The molecule has 1 aromatic rings. The van der Waals surface area contributed by atoms with E-state index in [1.165, 1.54) is 36.1 Å². The Morgan fingerprint density at radius 2 is 1.94 bits per heavy atom. The summed E-state index contributed by atoms with van der Waals surface area (Å²) in [4.78, 5) is 17.9. The lowest BCUT2D eigenvalue weighted by atomic mass is 9.59. The molecule has 4 heteroatoms. The predicted molar refractivity (Wildman–Crippen MR) is 125 cm³/mol. The largest absolute Gasteiger partial charge is 0.461 e. The lowest BCUT2D eigenvalue weighted by Gasteiger charge is -2.46. The number of hydrogen-bond donors (Lipinski definition) is 0. The fraction of sp³-hybridized carbons (Fsp3) is 0.667. The molecule has 1 saturated carbocycles. The first-order valence-electron chi connectivity index (χ1n) is 12.3. The molecule has 0 unspecified atom stereocenters. The van der Waals surface area contributed by atoms with Crippen LogP contribution in [0.3, 0.4) is 0 Å². The highest BCUT2D eigenvalue weighted by molar-refractivity contribution is 5.76. The number of benzene rings is 1. The number of aryl methyl sites for hydroxylation is 1. The Labute approximate surface area is 187 Å². The van der Waals surface area contributed by atoms with Crippen molar-refractivity contribution in [3.63, 3.8) is 0 Å². The Hall–Kier alpha value is -1.81. The first kappa shape index (κ1) is 21.1. The number of piperazine rings is 1. The minimum absolute atomic E-state index is 0.00318. The lowest BCUT2D eigenvalue weighted by molar-refractivity contribution is -0.145. The van der Waals surface area contributed by atoms with Crippen molar-refractivity contribution in [1.29, 1.82) is 0 Å². The molecule has 2 aliphatic heterocycles. The Kier molecular flexibility index (Phi) is 5.40. The molecule has 0 radical (unpaired) electrons. The van der Waals surface area contributed by atoms with E-state index in [-0.39, 0.29) is 29.3 Å². The Morgan fingerprint density at radius 1 is 1.16 bits per heavy atom. The summed E-state index contributed by atoms with van der Waals surface area (Å²) in [6.45, 7) is 14.1. The summed E-state index contributed by atoms with van der Waals surface area (Å²) < 4.78 is 5.97. The van der Waals surface area contributed by atoms with Crippen LogP contribution >= 0.6 is 0 Å². The van der Waals surface area contributed by atoms with E-state index in [1.54, 1.807) is 5.57 Å². The number of ether oxygens (including phenoxy) is 1. The quantitative estimate of drug-likeness (QED) is 0.520. The molecular weight excluding hydrogens is 384 g/mol. The highest BCUT2D eigenvalue weighted by Gasteiger charge is 2.52. The van der Waals surface area contributed by atoms with E-state index < -0.39 is 0 Å². The molecular formula is C27H38N2O2. The van der Waals surface area contributed by atoms with E-state index in [1.807, 2.05) is 0 Å². The number of fused-ring (bicyclic) bond motifs is 2. The summed E-state index contributed by atoms with van der Waals surface area (Å²) in [5.74, 6) is 0.965. The van der Waals surface area contributed by atoms with E-state index in [9.17, 15) is 4.79 Å². The highest BCUT2D eigenvalue weighted by atomic mass is 16.6. The first-order valence-corrected chi connectivity index (χ1v) is 12.3. The molecule has 2 saturated heterocycles. The topological polar surface area (TPSA) is 32.8 Å². The summed E-state index contributed by atoms with van der Waals surface area (Å²) in [6, 6.07) is 6.59. The van der Waals surface area contributed by atoms with Crippen molar-refractivity contribution < 1.29 is 9.53 Å². The smallest absolute Gasteiger partial charge is 0.311 e. The third kappa shape index (κ3) is 3.71. The molecule has 3 fully saturated rings. The van der Waals surface area contributed by atoms with Crippen molar-refractivity contribution in [3.8, 4) is 0 Å². The first-order chi connectivity index (χ1) is 14.9. The molecule has 5 rings (SSSR count). The van der Waals surface area contributed by atoms with Crippen LogP contribution in [0.4, 0.5) is 5.69 Å². The maximum Gasteiger partial charge on any atom is 0.311 e. The average Bonchev–Trinajstić information content (AvgIpc) is 3.03. The zero-order valence-electron chi connectivity index (χ0n) is 19.7. The normalized spacial score (nSPS) is 35.9. The number of nitrogens with zero attached hydrogens (tertiary/aromatic N) is 2. The number of allylic oxidation sites excluding steroid dienone is 1. The molecule has 1 aromatic carbocycles. The number of carbonyl (C=O) groups excluding carboxylic acids is 1. The fourth-order valence-corrected chi connectivity index (χ4v) is 6.79. The number of hydrogen-bond acceptors (Lipinski definition) is 4. The third-order valence-electron chi connectivity index (χ3n) is 8.83. The van der Waals surface area contributed by atoms with E-state index in [0.29, 0.717) is 5.92 Å². The molecule has 5 atom stereocenters. The SMILES string of the molecule is Cc1cccc(N2CCN(C[C@H]3C(=O)O[C@@H]4C[C@@]5(C)CCC[C@H](C)C5=C[C@H]43)CC2)c1C. The van der Waals surface area contributed by atoms with Gasteiger partial charge in [0.25, 0.3) is 0 Å². The zero-order chi connectivity index (χ0) is 21.8. The van der Waals surface area contributed by atoms with Crippen molar-refractivity contribution in [2.45, 2.75) is 59.5 Å². The van der Waals surface area contributed by atoms with Gasteiger partial charge in [0.2, 0.25) is 0 Å². The molecule has 0 aromatic heterocycles. The summed E-state index contributed by atoms with van der Waals surface area (Å²) in [7, 11) is 0. The van der Waals surface area contributed by atoms with Crippen molar-refractivity contribution in [3.05, 3.63) is 41.0 Å². The van der Waals surface area contributed by atoms with Gasteiger partial charge in [0.05, 0.1) is 5.92 Å². The van der Waals surface area contributed by atoms with Crippen molar-refractivity contribution in [2.75, 3.05) is 37.6 Å². The van der Waals surface area contributed by atoms with Gasteiger partial charge in [-0.3, -0.25) is 9.69 Å². The Morgan fingerprint density at radius 3 is 2.71 bits per heavy atom. The molecule has 0 N–H and O–H groups in total. The molecule has 31 heavy (non-hydrogen) atoms. The second-order valence-electron chi connectivity index (χ2n) is 10.8. The number of carbonyl (C=O) groups is 1. The van der Waals surface area contributed by atoms with Gasteiger partial charge in [0, 0.05) is 44.3 Å². The molecule has 2 heterocycles. The molecule has 4 aliphatic rings. The second-order valence-corrected chi connectivity index (χ2v) is 10.8. The van der Waals surface area contributed by atoms with Crippen molar-refractivity contribution in [1.82, 2.24) is 4.90 Å². The molecule has 0 spiro atoms. The van der Waals surface area contributed by atoms with Crippen LogP contribution in [0.2, 0.25) is 0 Å². The fourth-order valence-electron chi connectivity index (χ4n) is 6.79. The Balaban J connectivity index is 1.27. The summed E-state index contributed by atoms with van der Waals surface area (Å²) in [5, 5.41) is 0. The number of anilines is 1. The van der Waals surface area contributed by atoms with Gasteiger partial charge in [-0.2, -0.15) is 0 Å². The summed E-state index contributed by atoms with van der Waals surface area (Å²) in [5.41, 5.74) is 5.96. The van der Waals surface area contributed by atoms with Gasteiger partial charge >= 0.3 is 5.97 Å². The second kappa shape index (κ2) is 7.95. The third-order valence-corrected chi connectivity index (χ3v) is 8.83. The van der Waals surface area contributed by atoms with Crippen LogP contribution in [0.1, 0.15) is 50.7 Å². The molecule has 0 amide bonds. The van der Waals surface area contributed by atoms with Crippen LogP contribution in [0.5, 0.6) is 0 Å². The Bertz CT molecular complexity index is 885. The van der Waals surface area contributed by atoms with Crippen LogP contribution in [0.15, 0.2) is 29.8 Å². The zero-order valence-corrected chi connectivity index (χ0v) is 19.7. The number of esters is 1. The van der Waals surface area contributed by atoms with E-state index in [0.717, 1.165) is 39.1 Å². The highest BCUT2D eigenvalue weighted by Crippen LogP contribution is 2.54. The van der Waals surface area contributed by atoms with Crippen LogP contribution in [0.25, 0.3) is 0 Å².